The molecule has 2 atom stereocenters. The van der Waals surface area contributed by atoms with E-state index >= 15 is 0 Å². The molecule has 2 aliphatic rings. The van der Waals surface area contributed by atoms with Crippen molar-refractivity contribution in [3.8, 4) is 0 Å². The number of pyridine rings is 1. The molecule has 1 unspecified atom stereocenters. The van der Waals surface area contributed by atoms with Gasteiger partial charge in [-0.15, -0.1) is 15.7 Å². The predicted molar refractivity (Wildman–Crippen MR) is 109 cm³/mol. The lowest BCUT2D eigenvalue weighted by molar-refractivity contribution is 0.260. The summed E-state index contributed by atoms with van der Waals surface area (Å²) in [6, 6.07) is 1.24. The lowest BCUT2D eigenvalue weighted by Gasteiger charge is -2.15. The first-order chi connectivity index (χ1) is 12.9. The normalized spacial score (nSPS) is 20.0. The van der Waals surface area contributed by atoms with E-state index in [1.54, 1.807) is 0 Å². The zero-order valence-electron chi connectivity index (χ0n) is 15.6. The van der Waals surface area contributed by atoms with Gasteiger partial charge in [0.05, 0.1) is 5.69 Å². The van der Waals surface area contributed by atoms with Crippen LogP contribution in [0.1, 0.15) is 60.7 Å². The van der Waals surface area contributed by atoms with E-state index in [1.165, 1.54) is 11.3 Å². The van der Waals surface area contributed by atoms with Gasteiger partial charge in [-0.3, -0.25) is 4.98 Å². The van der Waals surface area contributed by atoms with Crippen LogP contribution in [0.4, 0.5) is 10.5 Å². The lowest BCUT2D eigenvalue weighted by Crippen LogP contribution is -2.19. The molecule has 0 spiro atoms. The van der Waals surface area contributed by atoms with Crippen LogP contribution in [0, 0.1) is 0 Å². The molecule has 2 aromatic rings. The Bertz CT molecular complexity index is 1030. The summed E-state index contributed by atoms with van der Waals surface area (Å²) in [4.78, 5) is 17.5. The smallest absolute Gasteiger partial charge is 0.305 e. The van der Waals surface area contributed by atoms with E-state index in [1.807, 2.05) is 18.4 Å². The third kappa shape index (κ3) is 3.30. The van der Waals surface area contributed by atoms with Crippen LogP contribution < -0.4 is 10.5 Å². The van der Waals surface area contributed by atoms with Gasteiger partial charge in [0, 0.05) is 11.4 Å². The summed E-state index contributed by atoms with van der Waals surface area (Å²) in [5.74, 6) is 0.399. The minimum atomic E-state index is -3.25. The maximum atomic E-state index is 12.9. The molecule has 4 rings (SSSR count). The van der Waals surface area contributed by atoms with Gasteiger partial charge in [0.25, 0.3) is 0 Å². The maximum absolute atomic E-state index is 12.9. The van der Waals surface area contributed by atoms with Crippen LogP contribution in [0.2, 0.25) is 0 Å². The molecule has 0 aliphatic heterocycles. The predicted octanol–water partition coefficient (Wildman–Crippen LogP) is 4.18. The zero-order valence-corrected chi connectivity index (χ0v) is 17.2. The number of urea groups is 1. The minimum absolute atomic E-state index is 0.399. The quantitative estimate of drug-likeness (QED) is 0.803. The number of rotatable bonds is 3. The molecule has 3 N–H and O–H groups in total. The molecule has 0 fully saturated rings. The van der Waals surface area contributed by atoms with Crippen LogP contribution in [0.3, 0.4) is 0 Å². The third-order valence-corrected chi connectivity index (χ3v) is 8.44. The monoisotopic (exact) mass is 404 g/mol. The molecule has 0 aromatic carbocycles. The summed E-state index contributed by atoms with van der Waals surface area (Å²) in [6.07, 6.45) is 5.53. The van der Waals surface area contributed by atoms with Crippen molar-refractivity contribution in [2.24, 2.45) is 9.50 Å². The number of nitrogens with two attached hydrogens (primary N) is 1. The van der Waals surface area contributed by atoms with E-state index in [0.717, 1.165) is 65.9 Å². The van der Waals surface area contributed by atoms with Gasteiger partial charge in [0.15, 0.2) is 9.92 Å². The second-order valence-corrected chi connectivity index (χ2v) is 10.1. The number of aryl methyl sites for hydroxylation is 2. The first kappa shape index (κ1) is 18.6. The number of carbonyl (C=O) groups excluding carboxylic acids is 1. The van der Waals surface area contributed by atoms with Crippen LogP contribution in [-0.2, 0) is 35.6 Å². The standard InChI is InChI=1S/C19H24N4O2S2/c1-3-12-9-10-26-18(12)27(20,25)23-19(24)22-17-13-5-4-6-15(13)21-16-11(2)7-8-14(16)17/h9-11H,3-8H2,1-2H3,(H3,20,21,22,23,24,25)/t11-,27?/m1/s1. The van der Waals surface area contributed by atoms with Crippen molar-refractivity contribution in [3.05, 3.63) is 39.5 Å². The van der Waals surface area contributed by atoms with Gasteiger partial charge in [-0.1, -0.05) is 13.8 Å². The number of hydrogen-bond donors (Lipinski definition) is 2. The number of aromatic nitrogens is 1. The molecule has 0 bridgehead atoms. The molecule has 0 saturated carbocycles. The maximum Gasteiger partial charge on any atom is 0.354 e. The Morgan fingerprint density at radius 1 is 1.41 bits per heavy atom. The van der Waals surface area contributed by atoms with E-state index in [-0.39, 0.29) is 0 Å². The first-order valence-corrected chi connectivity index (χ1v) is 11.8. The number of carbonyl (C=O) groups is 1. The number of amides is 2. The van der Waals surface area contributed by atoms with Crippen LogP contribution in [-0.4, -0.2) is 15.2 Å². The summed E-state index contributed by atoms with van der Waals surface area (Å²) in [5.41, 5.74) is 6.11. The molecule has 27 heavy (non-hydrogen) atoms. The van der Waals surface area contributed by atoms with E-state index in [2.05, 4.69) is 16.6 Å². The van der Waals surface area contributed by atoms with Gasteiger partial charge in [-0.2, -0.15) is 0 Å². The topological polar surface area (TPSA) is 97.4 Å². The van der Waals surface area contributed by atoms with Gasteiger partial charge in [-0.05, 0) is 72.6 Å². The SMILES string of the molecule is CCc1ccsc1S(N)(=O)=NC(=O)Nc1c2c(nc3c1CC[C@H]3C)CCC2. The van der Waals surface area contributed by atoms with E-state index < -0.39 is 15.9 Å². The van der Waals surface area contributed by atoms with E-state index in [4.69, 9.17) is 10.1 Å². The highest BCUT2D eigenvalue weighted by atomic mass is 32.2. The number of hydrogen-bond acceptors (Lipinski definition) is 4. The third-order valence-electron chi connectivity index (χ3n) is 5.45. The fourth-order valence-electron chi connectivity index (χ4n) is 4.09. The zero-order chi connectivity index (χ0) is 19.2. The fraction of sp³-hybridized carbons (Fsp3) is 0.474. The Morgan fingerprint density at radius 3 is 3.00 bits per heavy atom. The van der Waals surface area contributed by atoms with Crippen molar-refractivity contribution in [3.63, 3.8) is 0 Å². The number of nitrogens with one attached hydrogen (secondary N) is 1. The van der Waals surface area contributed by atoms with Gasteiger partial charge in [0.2, 0.25) is 0 Å². The molecule has 2 aromatic heterocycles. The van der Waals surface area contributed by atoms with E-state index in [9.17, 15) is 9.00 Å². The number of fused-ring (bicyclic) bond motifs is 2. The van der Waals surface area contributed by atoms with Crippen LogP contribution in [0.15, 0.2) is 20.0 Å². The highest BCUT2D eigenvalue weighted by Crippen LogP contribution is 2.41. The minimum Gasteiger partial charge on any atom is -0.305 e. The number of anilines is 1. The van der Waals surface area contributed by atoms with Gasteiger partial charge in [0.1, 0.15) is 4.21 Å². The van der Waals surface area contributed by atoms with Gasteiger partial charge in [-0.25, -0.2) is 14.1 Å². The van der Waals surface area contributed by atoms with Crippen LogP contribution in [0.5, 0.6) is 0 Å². The molecule has 6 nitrogen and oxygen atoms in total. The Hall–Kier alpha value is -1.77. The molecule has 8 heteroatoms. The molecule has 0 saturated heterocycles. The summed E-state index contributed by atoms with van der Waals surface area (Å²) >= 11 is 1.29. The second kappa shape index (κ2) is 7.00. The molecule has 144 valence electrons. The Labute approximate surface area is 163 Å². The van der Waals surface area contributed by atoms with Crippen molar-refractivity contribution in [1.82, 2.24) is 4.98 Å². The van der Waals surface area contributed by atoms with Crippen molar-refractivity contribution in [1.29, 1.82) is 0 Å². The van der Waals surface area contributed by atoms with Gasteiger partial charge >= 0.3 is 6.03 Å². The van der Waals surface area contributed by atoms with Crippen molar-refractivity contribution in [2.45, 2.75) is 62.5 Å². The highest BCUT2D eigenvalue weighted by molar-refractivity contribution is 7.93. The summed E-state index contributed by atoms with van der Waals surface area (Å²) in [7, 11) is -3.25. The van der Waals surface area contributed by atoms with E-state index in [0.29, 0.717) is 16.5 Å². The highest BCUT2D eigenvalue weighted by Gasteiger charge is 2.30. The van der Waals surface area contributed by atoms with Crippen LogP contribution in [0.25, 0.3) is 0 Å². The molecule has 0 radical (unpaired) electrons. The largest absolute Gasteiger partial charge is 0.354 e. The second-order valence-electron chi connectivity index (χ2n) is 7.25. The molecule has 2 heterocycles. The number of nitrogens with zero attached hydrogens (tertiary/aromatic N) is 2. The molecular weight excluding hydrogens is 380 g/mol. The Kier molecular flexibility index (Phi) is 4.82. The summed E-state index contributed by atoms with van der Waals surface area (Å²) in [5, 5.41) is 10.7. The van der Waals surface area contributed by atoms with Crippen LogP contribution >= 0.6 is 11.3 Å². The number of thiophene rings is 1. The molecular formula is C19H24N4O2S2. The van der Waals surface area contributed by atoms with Crippen molar-refractivity contribution in [2.75, 3.05) is 5.32 Å². The summed E-state index contributed by atoms with van der Waals surface area (Å²) < 4.78 is 17.3. The molecule has 2 aliphatic carbocycles. The lowest BCUT2D eigenvalue weighted by atomic mass is 10.0. The Morgan fingerprint density at radius 2 is 2.22 bits per heavy atom. The average Bonchev–Trinajstić information content (AvgIpc) is 3.34. The average molecular weight is 405 g/mol. The first-order valence-electron chi connectivity index (χ1n) is 9.37. The fourth-order valence-corrected chi connectivity index (χ4v) is 6.60. The van der Waals surface area contributed by atoms with Crippen molar-refractivity contribution < 1.29 is 9.00 Å². The summed E-state index contributed by atoms with van der Waals surface area (Å²) in [6.45, 7) is 4.14. The van der Waals surface area contributed by atoms with Crippen molar-refractivity contribution >= 4 is 33.0 Å². The Balaban J connectivity index is 1.70. The molecule has 2 amide bonds. The van der Waals surface area contributed by atoms with Gasteiger partial charge < -0.3 is 5.32 Å².